The van der Waals surface area contributed by atoms with Crippen LogP contribution in [-0.2, 0) is 4.87 Å². The van der Waals surface area contributed by atoms with E-state index >= 15 is 0 Å². The average molecular weight is 430 g/mol. The normalized spacial score (nSPS) is 19.1. The van der Waals surface area contributed by atoms with Crippen LogP contribution in [0.5, 0.6) is 0 Å². The highest BCUT2D eigenvalue weighted by atomic mass is 35.5. The molecule has 1 aromatic heterocycles. The second kappa shape index (κ2) is 8.21. The molecule has 1 unspecified atom stereocenters. The highest BCUT2D eigenvalue weighted by Crippen LogP contribution is 2.52. The van der Waals surface area contributed by atoms with E-state index in [1.807, 2.05) is 42.3 Å². The summed E-state index contributed by atoms with van der Waals surface area (Å²) in [5.41, 5.74) is 8.05. The summed E-state index contributed by atoms with van der Waals surface area (Å²) in [7, 11) is 0. The van der Waals surface area contributed by atoms with Gasteiger partial charge >= 0.3 is 0 Å². The van der Waals surface area contributed by atoms with Gasteiger partial charge in [-0.05, 0) is 44.0 Å². The van der Waals surface area contributed by atoms with Gasteiger partial charge in [-0.2, -0.15) is 5.10 Å². The van der Waals surface area contributed by atoms with Gasteiger partial charge in [0.2, 0.25) is 5.13 Å². The fourth-order valence-electron chi connectivity index (χ4n) is 3.23. The third-order valence-corrected chi connectivity index (χ3v) is 7.02. The molecule has 1 aliphatic rings. The summed E-state index contributed by atoms with van der Waals surface area (Å²) < 4.78 is 0. The van der Waals surface area contributed by atoms with Crippen molar-refractivity contribution in [3.05, 3.63) is 75.8 Å². The third kappa shape index (κ3) is 3.67. The molecule has 0 saturated carbocycles. The highest BCUT2D eigenvalue weighted by Gasteiger charge is 2.47. The Labute approximate surface area is 177 Å². The van der Waals surface area contributed by atoms with Crippen LogP contribution in [0.1, 0.15) is 29.0 Å². The first-order valence-electron chi connectivity index (χ1n) is 9.02. The minimum Gasteiger partial charge on any atom is -0.330 e. The van der Waals surface area contributed by atoms with Crippen LogP contribution in [-0.4, -0.2) is 21.8 Å². The van der Waals surface area contributed by atoms with Gasteiger partial charge in [-0.3, -0.25) is 0 Å². The SMILES string of the molecule is Cc1nnc(N2N=C(c3cccc(Cl)c3)SC2(CCCN)c2ccccc2)s1. The van der Waals surface area contributed by atoms with Crippen LogP contribution in [0, 0.1) is 6.92 Å². The lowest BCUT2D eigenvalue weighted by molar-refractivity contribution is 0.525. The Morgan fingerprint density at radius 2 is 1.93 bits per heavy atom. The zero-order chi connectivity index (χ0) is 19.6. The van der Waals surface area contributed by atoms with Crippen molar-refractivity contribution in [2.24, 2.45) is 10.8 Å². The van der Waals surface area contributed by atoms with Gasteiger partial charge in [0.25, 0.3) is 0 Å². The molecule has 2 heterocycles. The minimum absolute atomic E-state index is 0.426. The monoisotopic (exact) mass is 429 g/mol. The van der Waals surface area contributed by atoms with Crippen molar-refractivity contribution >= 4 is 44.9 Å². The molecule has 5 nitrogen and oxygen atoms in total. The molecule has 0 bridgehead atoms. The van der Waals surface area contributed by atoms with Crippen molar-refractivity contribution < 1.29 is 0 Å². The number of aryl methyl sites for hydroxylation is 1. The first-order chi connectivity index (χ1) is 13.6. The number of hydrogen-bond acceptors (Lipinski definition) is 7. The molecule has 0 spiro atoms. The molecule has 0 fully saturated rings. The Kier molecular flexibility index (Phi) is 5.68. The minimum atomic E-state index is -0.426. The Morgan fingerprint density at radius 1 is 1.11 bits per heavy atom. The average Bonchev–Trinajstić information content (AvgIpc) is 3.31. The van der Waals surface area contributed by atoms with Gasteiger partial charge in [-0.15, -0.1) is 10.2 Å². The number of hydrazone groups is 1. The molecule has 0 aliphatic carbocycles. The van der Waals surface area contributed by atoms with Crippen molar-refractivity contribution in [1.82, 2.24) is 10.2 Å². The number of halogens is 1. The number of hydrogen-bond donors (Lipinski definition) is 1. The molecule has 1 atom stereocenters. The van der Waals surface area contributed by atoms with E-state index in [-0.39, 0.29) is 0 Å². The fourth-order valence-corrected chi connectivity index (χ4v) is 5.59. The van der Waals surface area contributed by atoms with E-state index in [2.05, 4.69) is 34.5 Å². The van der Waals surface area contributed by atoms with Crippen molar-refractivity contribution in [3.8, 4) is 0 Å². The first kappa shape index (κ1) is 19.4. The van der Waals surface area contributed by atoms with Gasteiger partial charge in [-0.1, -0.05) is 77.2 Å². The summed E-state index contributed by atoms with van der Waals surface area (Å²) in [6.07, 6.45) is 1.71. The Morgan fingerprint density at radius 3 is 2.61 bits per heavy atom. The van der Waals surface area contributed by atoms with E-state index in [4.69, 9.17) is 22.4 Å². The lowest BCUT2D eigenvalue weighted by Gasteiger charge is -2.35. The topological polar surface area (TPSA) is 67.4 Å². The molecule has 28 heavy (non-hydrogen) atoms. The lowest BCUT2D eigenvalue weighted by atomic mass is 10.0. The van der Waals surface area contributed by atoms with E-state index in [0.29, 0.717) is 11.6 Å². The van der Waals surface area contributed by atoms with Gasteiger partial charge in [0, 0.05) is 10.6 Å². The molecule has 2 aromatic carbocycles. The summed E-state index contributed by atoms with van der Waals surface area (Å²) in [4.78, 5) is -0.426. The van der Waals surface area contributed by atoms with Gasteiger partial charge in [0.05, 0.1) is 0 Å². The number of anilines is 1. The maximum Gasteiger partial charge on any atom is 0.230 e. The molecule has 0 radical (unpaired) electrons. The van der Waals surface area contributed by atoms with Crippen LogP contribution in [0.2, 0.25) is 5.02 Å². The molecule has 2 N–H and O–H groups in total. The molecule has 0 saturated heterocycles. The summed E-state index contributed by atoms with van der Waals surface area (Å²) in [6.45, 7) is 2.57. The largest absolute Gasteiger partial charge is 0.330 e. The molecule has 144 valence electrons. The maximum absolute atomic E-state index is 6.24. The lowest BCUT2D eigenvalue weighted by Crippen LogP contribution is -2.38. The maximum atomic E-state index is 6.24. The summed E-state index contributed by atoms with van der Waals surface area (Å²) in [5, 5.41) is 18.9. The summed E-state index contributed by atoms with van der Waals surface area (Å²) in [6, 6.07) is 18.2. The summed E-state index contributed by atoms with van der Waals surface area (Å²) >= 11 is 9.50. The molecular weight excluding hydrogens is 410 g/mol. The summed E-state index contributed by atoms with van der Waals surface area (Å²) in [5.74, 6) is 0. The van der Waals surface area contributed by atoms with Crippen LogP contribution >= 0.6 is 34.7 Å². The van der Waals surface area contributed by atoms with Gasteiger partial charge in [-0.25, -0.2) is 5.01 Å². The van der Waals surface area contributed by atoms with Crippen molar-refractivity contribution in [2.75, 3.05) is 11.6 Å². The second-order valence-electron chi connectivity index (χ2n) is 6.48. The Hall–Kier alpha value is -1.93. The molecule has 3 aromatic rings. The Balaban J connectivity index is 1.85. The number of benzene rings is 2. The predicted octanol–water partition coefficient (Wildman–Crippen LogP) is 5.01. The predicted molar refractivity (Wildman–Crippen MR) is 119 cm³/mol. The first-order valence-corrected chi connectivity index (χ1v) is 11.0. The number of thioether (sulfide) groups is 1. The van der Waals surface area contributed by atoms with Crippen LogP contribution in [0.25, 0.3) is 0 Å². The molecule has 0 amide bonds. The standard InChI is InChI=1S/C20H20ClN5S2/c1-14-23-24-19(27-14)26-20(11-6-12-22,16-8-3-2-4-9-16)28-18(25-26)15-7-5-10-17(21)13-15/h2-5,7-10,13H,6,11-12,22H2,1H3. The number of nitrogens with zero attached hydrogens (tertiary/aromatic N) is 4. The van der Waals surface area contributed by atoms with Crippen molar-refractivity contribution in [2.45, 2.75) is 24.6 Å². The van der Waals surface area contributed by atoms with Crippen molar-refractivity contribution in [3.63, 3.8) is 0 Å². The quantitative estimate of drug-likeness (QED) is 0.596. The van der Waals surface area contributed by atoms with Gasteiger partial charge in [0.15, 0.2) is 0 Å². The zero-order valence-corrected chi connectivity index (χ0v) is 17.8. The fraction of sp³-hybridized carbons (Fsp3) is 0.250. The second-order valence-corrected chi connectivity index (χ2v) is 9.34. The van der Waals surface area contributed by atoms with Crippen LogP contribution in [0.4, 0.5) is 5.13 Å². The van der Waals surface area contributed by atoms with Crippen molar-refractivity contribution in [1.29, 1.82) is 0 Å². The van der Waals surface area contributed by atoms with Crippen LogP contribution in [0.3, 0.4) is 0 Å². The third-order valence-electron chi connectivity index (χ3n) is 4.51. The number of nitrogens with two attached hydrogens (primary N) is 1. The number of aromatic nitrogens is 2. The number of rotatable bonds is 6. The Bertz CT molecular complexity index is 991. The molecule has 8 heteroatoms. The van der Waals surface area contributed by atoms with Crippen LogP contribution < -0.4 is 10.7 Å². The van der Waals surface area contributed by atoms with Crippen LogP contribution in [0.15, 0.2) is 59.7 Å². The van der Waals surface area contributed by atoms with Gasteiger partial charge in [0.1, 0.15) is 14.9 Å². The highest BCUT2D eigenvalue weighted by molar-refractivity contribution is 8.15. The molecule has 4 rings (SSSR count). The van der Waals surface area contributed by atoms with E-state index in [0.717, 1.165) is 33.6 Å². The van der Waals surface area contributed by atoms with E-state index < -0.39 is 4.87 Å². The smallest absolute Gasteiger partial charge is 0.230 e. The zero-order valence-electron chi connectivity index (χ0n) is 15.4. The molecule has 1 aliphatic heterocycles. The van der Waals surface area contributed by atoms with E-state index in [1.54, 1.807) is 23.1 Å². The van der Waals surface area contributed by atoms with Gasteiger partial charge < -0.3 is 5.73 Å². The van der Waals surface area contributed by atoms with E-state index in [1.165, 1.54) is 5.56 Å². The molecular formula is C20H20ClN5S2. The van der Waals surface area contributed by atoms with E-state index in [9.17, 15) is 0 Å².